The highest BCUT2D eigenvalue weighted by Gasteiger charge is 2.30. The van der Waals surface area contributed by atoms with Crippen molar-refractivity contribution < 1.29 is 13.2 Å². The third-order valence-corrected chi connectivity index (χ3v) is 5.85. The molecule has 1 fully saturated rings. The van der Waals surface area contributed by atoms with Gasteiger partial charge in [0.05, 0.1) is 17.6 Å². The Balaban J connectivity index is 2.27. The van der Waals surface area contributed by atoms with E-state index in [-0.39, 0.29) is 12.1 Å². The van der Waals surface area contributed by atoms with Crippen LogP contribution >= 0.6 is 0 Å². The molecule has 21 heavy (non-hydrogen) atoms. The number of ether oxygens (including phenoxy) is 1. The summed E-state index contributed by atoms with van der Waals surface area (Å²) in [6.07, 6.45) is 0.816. The zero-order valence-corrected chi connectivity index (χ0v) is 13.7. The minimum absolute atomic E-state index is 0.00654. The highest BCUT2D eigenvalue weighted by atomic mass is 32.2. The quantitative estimate of drug-likeness (QED) is 0.900. The third kappa shape index (κ3) is 3.63. The minimum atomic E-state index is -3.44. The molecule has 0 aliphatic carbocycles. The van der Waals surface area contributed by atoms with Gasteiger partial charge in [-0.3, -0.25) is 0 Å². The van der Waals surface area contributed by atoms with E-state index < -0.39 is 10.0 Å². The molecule has 2 atom stereocenters. The van der Waals surface area contributed by atoms with Gasteiger partial charge >= 0.3 is 0 Å². The van der Waals surface area contributed by atoms with Crippen LogP contribution in [0.15, 0.2) is 29.2 Å². The van der Waals surface area contributed by atoms with Crippen molar-refractivity contribution in [3.8, 4) is 0 Å². The van der Waals surface area contributed by atoms with Gasteiger partial charge in [0.25, 0.3) is 0 Å². The Bertz CT molecular complexity index is 574. The first-order valence-corrected chi connectivity index (χ1v) is 8.82. The van der Waals surface area contributed by atoms with Crippen LogP contribution in [0.5, 0.6) is 0 Å². The van der Waals surface area contributed by atoms with Crippen molar-refractivity contribution in [1.82, 2.24) is 9.62 Å². The molecule has 6 heteroatoms. The molecule has 118 valence electrons. The summed E-state index contributed by atoms with van der Waals surface area (Å²) >= 11 is 0. The Morgan fingerprint density at radius 1 is 1.48 bits per heavy atom. The van der Waals surface area contributed by atoms with E-state index in [0.29, 0.717) is 24.6 Å². The molecule has 1 aliphatic rings. The molecular formula is C15H24N2O3S. The Morgan fingerprint density at radius 3 is 2.90 bits per heavy atom. The normalized spacial score (nSPS) is 22.1. The lowest BCUT2D eigenvalue weighted by molar-refractivity contribution is -0.00278. The second kappa shape index (κ2) is 6.87. The summed E-state index contributed by atoms with van der Waals surface area (Å²) in [4.78, 5) is 0.360. The lowest BCUT2D eigenvalue weighted by Gasteiger charge is -2.31. The molecule has 5 nitrogen and oxygen atoms in total. The number of benzene rings is 1. The molecule has 0 saturated carbocycles. The number of sulfonamides is 1. The SMILES string of the molecule is CCC1CN(S(=O)(=O)c2cccc(C(C)NC)c2)CCO1. The largest absolute Gasteiger partial charge is 0.375 e. The van der Waals surface area contributed by atoms with E-state index in [4.69, 9.17) is 4.74 Å². The zero-order valence-electron chi connectivity index (χ0n) is 12.9. The van der Waals surface area contributed by atoms with E-state index in [1.165, 1.54) is 4.31 Å². The topological polar surface area (TPSA) is 58.6 Å². The second-order valence-corrected chi connectivity index (χ2v) is 7.28. The summed E-state index contributed by atoms with van der Waals surface area (Å²) in [6, 6.07) is 7.28. The summed E-state index contributed by atoms with van der Waals surface area (Å²) in [6.45, 7) is 5.34. The lowest BCUT2D eigenvalue weighted by Crippen LogP contribution is -2.45. The molecule has 0 radical (unpaired) electrons. The molecule has 2 rings (SSSR count). The molecule has 0 bridgehead atoms. The lowest BCUT2D eigenvalue weighted by atomic mass is 10.1. The first-order valence-electron chi connectivity index (χ1n) is 7.38. The van der Waals surface area contributed by atoms with E-state index in [0.717, 1.165) is 12.0 Å². The predicted octanol–water partition coefficient (Wildman–Crippen LogP) is 1.77. The van der Waals surface area contributed by atoms with Crippen molar-refractivity contribution in [1.29, 1.82) is 0 Å². The Morgan fingerprint density at radius 2 is 2.24 bits per heavy atom. The number of nitrogens with one attached hydrogen (secondary N) is 1. The fourth-order valence-corrected chi connectivity index (χ4v) is 3.93. The standard InChI is InChI=1S/C15H24N2O3S/c1-4-14-11-17(8-9-20-14)21(18,19)15-7-5-6-13(10-15)12(2)16-3/h5-7,10,12,14,16H,4,8-9,11H2,1-3H3. The fraction of sp³-hybridized carbons (Fsp3) is 0.600. The van der Waals surface area contributed by atoms with Gasteiger partial charge in [0.2, 0.25) is 10.0 Å². The molecule has 1 N–H and O–H groups in total. The van der Waals surface area contributed by atoms with Gasteiger partial charge in [-0.1, -0.05) is 19.1 Å². The van der Waals surface area contributed by atoms with E-state index in [9.17, 15) is 8.42 Å². The number of hydrogen-bond donors (Lipinski definition) is 1. The second-order valence-electron chi connectivity index (χ2n) is 5.35. The van der Waals surface area contributed by atoms with Crippen molar-refractivity contribution in [2.75, 3.05) is 26.7 Å². The Hall–Kier alpha value is -0.950. The van der Waals surface area contributed by atoms with Gasteiger partial charge in [-0.15, -0.1) is 0 Å². The average Bonchev–Trinajstić information content (AvgIpc) is 2.54. The maximum absolute atomic E-state index is 12.8. The molecule has 1 heterocycles. The van der Waals surface area contributed by atoms with E-state index >= 15 is 0 Å². The van der Waals surface area contributed by atoms with Gasteiger partial charge in [-0.25, -0.2) is 8.42 Å². The molecule has 0 amide bonds. The van der Waals surface area contributed by atoms with Crippen LogP contribution in [-0.2, 0) is 14.8 Å². The van der Waals surface area contributed by atoms with Crippen LogP contribution in [0.25, 0.3) is 0 Å². The summed E-state index contributed by atoms with van der Waals surface area (Å²) in [5.41, 5.74) is 0.971. The van der Waals surface area contributed by atoms with Gasteiger partial charge in [-0.05, 0) is 38.1 Å². The molecule has 0 aromatic heterocycles. The molecule has 1 aromatic carbocycles. The summed E-state index contributed by atoms with van der Waals surface area (Å²) < 4.78 is 32.6. The average molecular weight is 312 g/mol. The number of morpholine rings is 1. The van der Waals surface area contributed by atoms with E-state index in [2.05, 4.69) is 5.32 Å². The first-order chi connectivity index (χ1) is 9.98. The summed E-state index contributed by atoms with van der Waals surface area (Å²) in [5, 5.41) is 3.13. The molecule has 1 aliphatic heterocycles. The minimum Gasteiger partial charge on any atom is -0.375 e. The highest BCUT2D eigenvalue weighted by molar-refractivity contribution is 7.89. The smallest absolute Gasteiger partial charge is 0.243 e. The maximum Gasteiger partial charge on any atom is 0.243 e. The maximum atomic E-state index is 12.8. The van der Waals surface area contributed by atoms with Crippen molar-refractivity contribution in [3.63, 3.8) is 0 Å². The van der Waals surface area contributed by atoms with Crippen LogP contribution in [-0.4, -0.2) is 45.6 Å². The van der Waals surface area contributed by atoms with Gasteiger partial charge < -0.3 is 10.1 Å². The van der Waals surface area contributed by atoms with Crippen LogP contribution in [0.4, 0.5) is 0 Å². The van der Waals surface area contributed by atoms with Crippen molar-refractivity contribution >= 4 is 10.0 Å². The van der Waals surface area contributed by atoms with Crippen LogP contribution in [0, 0.1) is 0 Å². The van der Waals surface area contributed by atoms with Gasteiger partial charge in [-0.2, -0.15) is 4.31 Å². The van der Waals surface area contributed by atoms with E-state index in [1.807, 2.05) is 27.0 Å². The third-order valence-electron chi connectivity index (χ3n) is 3.99. The van der Waals surface area contributed by atoms with Crippen molar-refractivity contribution in [3.05, 3.63) is 29.8 Å². The monoisotopic (exact) mass is 312 g/mol. The summed E-state index contributed by atoms with van der Waals surface area (Å²) in [5.74, 6) is 0. The zero-order chi connectivity index (χ0) is 15.5. The molecule has 2 unspecified atom stereocenters. The van der Waals surface area contributed by atoms with E-state index in [1.54, 1.807) is 18.2 Å². The van der Waals surface area contributed by atoms with Crippen LogP contribution < -0.4 is 5.32 Å². The van der Waals surface area contributed by atoms with Gasteiger partial charge in [0.1, 0.15) is 0 Å². The van der Waals surface area contributed by atoms with Crippen LogP contribution in [0.3, 0.4) is 0 Å². The van der Waals surface area contributed by atoms with Gasteiger partial charge in [0.15, 0.2) is 0 Å². The first kappa shape index (κ1) is 16.4. The highest BCUT2D eigenvalue weighted by Crippen LogP contribution is 2.22. The molecule has 0 spiro atoms. The van der Waals surface area contributed by atoms with Crippen molar-refractivity contribution in [2.24, 2.45) is 0 Å². The molecule has 1 saturated heterocycles. The number of rotatable bonds is 5. The predicted molar refractivity (Wildman–Crippen MR) is 82.7 cm³/mol. The number of hydrogen-bond acceptors (Lipinski definition) is 4. The van der Waals surface area contributed by atoms with Crippen molar-refractivity contribution in [2.45, 2.75) is 37.3 Å². The summed E-state index contributed by atoms with van der Waals surface area (Å²) in [7, 11) is -1.58. The Labute approximate surface area is 127 Å². The van der Waals surface area contributed by atoms with Crippen LogP contribution in [0.2, 0.25) is 0 Å². The number of nitrogens with zero attached hydrogens (tertiary/aromatic N) is 1. The Kier molecular flexibility index (Phi) is 5.37. The fourth-order valence-electron chi connectivity index (χ4n) is 2.42. The van der Waals surface area contributed by atoms with Gasteiger partial charge in [0, 0.05) is 19.1 Å². The van der Waals surface area contributed by atoms with Crippen LogP contribution in [0.1, 0.15) is 31.9 Å². The molecule has 1 aromatic rings. The molecular weight excluding hydrogens is 288 g/mol.